The zero-order valence-electron chi connectivity index (χ0n) is 14.7. The highest BCUT2D eigenvalue weighted by Crippen LogP contribution is 2.23. The molecule has 134 valence electrons. The summed E-state index contributed by atoms with van der Waals surface area (Å²) in [5.41, 5.74) is 0. The highest BCUT2D eigenvalue weighted by Gasteiger charge is 2.31. The molecule has 6 heteroatoms. The summed E-state index contributed by atoms with van der Waals surface area (Å²) in [6.45, 7) is 5.50. The van der Waals surface area contributed by atoms with Gasteiger partial charge in [0.15, 0.2) is 0 Å². The van der Waals surface area contributed by atoms with Gasteiger partial charge < -0.3 is 4.90 Å². The predicted octanol–water partition coefficient (Wildman–Crippen LogP) is 2.72. The van der Waals surface area contributed by atoms with Crippen LogP contribution in [0, 0.1) is 5.92 Å². The highest BCUT2D eigenvalue weighted by atomic mass is 32.2. The van der Waals surface area contributed by atoms with Gasteiger partial charge in [-0.1, -0.05) is 44.2 Å². The van der Waals surface area contributed by atoms with Crippen LogP contribution in [0.1, 0.15) is 20.3 Å². The van der Waals surface area contributed by atoms with E-state index in [0.717, 1.165) is 17.2 Å². The number of hydrogen-bond acceptors (Lipinski definition) is 3. The fourth-order valence-corrected chi connectivity index (χ4v) is 4.57. The lowest BCUT2D eigenvalue weighted by atomic mass is 10.1. The molecule has 0 bridgehead atoms. The zero-order valence-corrected chi connectivity index (χ0v) is 15.5. The first-order chi connectivity index (χ1) is 11.9. The van der Waals surface area contributed by atoms with Crippen molar-refractivity contribution in [2.45, 2.75) is 25.2 Å². The molecule has 1 aliphatic rings. The number of carbonyl (C=O) groups excluding carboxylic acids is 1. The van der Waals surface area contributed by atoms with Crippen molar-refractivity contribution in [3.8, 4) is 0 Å². The molecule has 5 nitrogen and oxygen atoms in total. The molecule has 0 aliphatic carbocycles. The Bertz CT molecular complexity index is 871. The van der Waals surface area contributed by atoms with Gasteiger partial charge in [0, 0.05) is 32.1 Å². The fourth-order valence-electron chi connectivity index (χ4n) is 3.11. The summed E-state index contributed by atoms with van der Waals surface area (Å²) in [7, 11) is -3.53. The van der Waals surface area contributed by atoms with Crippen LogP contribution in [0.3, 0.4) is 0 Å². The molecule has 0 spiro atoms. The molecule has 0 aromatic heterocycles. The second-order valence-electron chi connectivity index (χ2n) is 6.55. The molecular formula is C19H24N2O3S. The van der Waals surface area contributed by atoms with Crippen molar-refractivity contribution in [3.05, 3.63) is 42.5 Å². The van der Waals surface area contributed by atoms with Gasteiger partial charge >= 0.3 is 0 Å². The summed E-state index contributed by atoms with van der Waals surface area (Å²) in [6, 6.07) is 12.9. The maximum atomic E-state index is 12.9. The lowest BCUT2D eigenvalue weighted by molar-refractivity contribution is -0.136. The Kier molecular flexibility index (Phi) is 5.11. The molecule has 1 atom stereocenters. The smallest absolute Gasteiger partial charge is 0.243 e. The van der Waals surface area contributed by atoms with E-state index in [9.17, 15) is 13.2 Å². The minimum Gasteiger partial charge on any atom is -0.340 e. The average Bonchev–Trinajstić information content (AvgIpc) is 2.66. The van der Waals surface area contributed by atoms with Crippen molar-refractivity contribution < 1.29 is 13.2 Å². The molecule has 1 saturated heterocycles. The van der Waals surface area contributed by atoms with Gasteiger partial charge in [0.1, 0.15) is 0 Å². The van der Waals surface area contributed by atoms with Gasteiger partial charge in [0.05, 0.1) is 4.90 Å². The van der Waals surface area contributed by atoms with Crippen LogP contribution in [0.15, 0.2) is 47.4 Å². The first-order valence-corrected chi connectivity index (χ1v) is 10.1. The van der Waals surface area contributed by atoms with Crippen LogP contribution < -0.4 is 0 Å². The maximum absolute atomic E-state index is 12.9. The first-order valence-electron chi connectivity index (χ1n) is 8.71. The van der Waals surface area contributed by atoms with Gasteiger partial charge in [-0.05, 0) is 29.3 Å². The minimum absolute atomic E-state index is 0.0105. The molecule has 0 N–H and O–H groups in total. The van der Waals surface area contributed by atoms with Crippen LogP contribution in [0.2, 0.25) is 0 Å². The molecule has 25 heavy (non-hydrogen) atoms. The Morgan fingerprint density at radius 2 is 1.68 bits per heavy atom. The summed E-state index contributed by atoms with van der Waals surface area (Å²) >= 11 is 0. The van der Waals surface area contributed by atoms with Crippen molar-refractivity contribution in [2.24, 2.45) is 5.92 Å². The van der Waals surface area contributed by atoms with Crippen molar-refractivity contribution in [2.75, 3.05) is 26.2 Å². The molecule has 1 heterocycles. The molecule has 0 saturated carbocycles. The van der Waals surface area contributed by atoms with E-state index in [1.807, 2.05) is 44.2 Å². The highest BCUT2D eigenvalue weighted by molar-refractivity contribution is 7.89. The monoisotopic (exact) mass is 360 g/mol. The molecule has 2 aromatic carbocycles. The van der Waals surface area contributed by atoms with E-state index < -0.39 is 10.0 Å². The molecule has 3 rings (SSSR count). The van der Waals surface area contributed by atoms with Gasteiger partial charge in [-0.25, -0.2) is 8.42 Å². The summed E-state index contributed by atoms with van der Waals surface area (Å²) in [4.78, 5) is 14.4. The molecule has 2 aromatic rings. The number of fused-ring (bicyclic) bond motifs is 1. The average molecular weight is 360 g/mol. The van der Waals surface area contributed by atoms with E-state index in [1.54, 1.807) is 17.0 Å². The number of sulfonamides is 1. The Balaban J connectivity index is 1.76. The number of nitrogens with zero attached hydrogens (tertiary/aromatic N) is 2. The normalized spacial score (nSPS) is 17.6. The van der Waals surface area contributed by atoms with E-state index in [1.165, 1.54) is 4.31 Å². The van der Waals surface area contributed by atoms with Crippen LogP contribution in [0.5, 0.6) is 0 Å². The molecule has 1 amide bonds. The Hall–Kier alpha value is -1.92. The standard InChI is InChI=1S/C19H24N2O3S/c1-3-15(2)19(22)20-10-12-21(13-11-20)25(23,24)18-9-8-16-6-4-5-7-17(16)14-18/h4-9,14-15H,3,10-13H2,1-2H3/t15-/m1/s1. The summed E-state index contributed by atoms with van der Waals surface area (Å²) in [5.74, 6) is 0.105. The SMILES string of the molecule is CC[C@@H](C)C(=O)N1CCN(S(=O)(=O)c2ccc3ccccc3c2)CC1. The number of rotatable bonds is 4. The Labute approximate surface area is 149 Å². The number of benzene rings is 2. The van der Waals surface area contributed by atoms with Gasteiger partial charge in [0.25, 0.3) is 0 Å². The summed E-state index contributed by atoms with van der Waals surface area (Å²) < 4.78 is 27.3. The fraction of sp³-hybridized carbons (Fsp3) is 0.421. The van der Waals surface area contributed by atoms with Crippen molar-refractivity contribution in [1.82, 2.24) is 9.21 Å². The largest absolute Gasteiger partial charge is 0.340 e. The first kappa shape index (κ1) is 17.9. The second-order valence-corrected chi connectivity index (χ2v) is 8.49. The quantitative estimate of drug-likeness (QED) is 0.842. The van der Waals surface area contributed by atoms with Crippen LogP contribution in [-0.2, 0) is 14.8 Å². The molecule has 0 unspecified atom stereocenters. The zero-order chi connectivity index (χ0) is 18.0. The molecule has 1 fully saturated rings. The topological polar surface area (TPSA) is 57.7 Å². The van der Waals surface area contributed by atoms with Gasteiger partial charge in [-0.3, -0.25) is 4.79 Å². The third kappa shape index (κ3) is 3.55. The maximum Gasteiger partial charge on any atom is 0.243 e. The lowest BCUT2D eigenvalue weighted by Crippen LogP contribution is -2.51. The van der Waals surface area contributed by atoms with E-state index >= 15 is 0 Å². The third-order valence-corrected chi connectivity index (χ3v) is 6.84. The number of amides is 1. The van der Waals surface area contributed by atoms with Crippen LogP contribution in [-0.4, -0.2) is 49.7 Å². The number of hydrogen-bond donors (Lipinski definition) is 0. The number of piperazine rings is 1. The van der Waals surface area contributed by atoms with E-state index in [-0.39, 0.29) is 11.8 Å². The van der Waals surface area contributed by atoms with Crippen LogP contribution in [0.25, 0.3) is 10.8 Å². The van der Waals surface area contributed by atoms with E-state index in [2.05, 4.69) is 0 Å². The summed E-state index contributed by atoms with van der Waals surface area (Å²) in [6.07, 6.45) is 0.800. The van der Waals surface area contributed by atoms with Gasteiger partial charge in [-0.15, -0.1) is 0 Å². The predicted molar refractivity (Wildman–Crippen MR) is 98.7 cm³/mol. The van der Waals surface area contributed by atoms with E-state index in [0.29, 0.717) is 31.1 Å². The van der Waals surface area contributed by atoms with E-state index in [4.69, 9.17) is 0 Å². The molecular weight excluding hydrogens is 336 g/mol. The van der Waals surface area contributed by atoms with Gasteiger partial charge in [0.2, 0.25) is 15.9 Å². The molecule has 1 aliphatic heterocycles. The van der Waals surface area contributed by atoms with Crippen molar-refractivity contribution >= 4 is 26.7 Å². The minimum atomic E-state index is -3.53. The number of carbonyl (C=O) groups is 1. The van der Waals surface area contributed by atoms with Gasteiger partial charge in [-0.2, -0.15) is 4.31 Å². The van der Waals surface area contributed by atoms with Crippen molar-refractivity contribution in [1.29, 1.82) is 0 Å². The lowest BCUT2D eigenvalue weighted by Gasteiger charge is -2.35. The van der Waals surface area contributed by atoms with Crippen LogP contribution >= 0.6 is 0 Å². The molecule has 0 radical (unpaired) electrons. The second kappa shape index (κ2) is 7.14. The third-order valence-electron chi connectivity index (χ3n) is 4.94. The Morgan fingerprint density at radius 3 is 2.32 bits per heavy atom. The Morgan fingerprint density at radius 1 is 1.04 bits per heavy atom. The van der Waals surface area contributed by atoms with Crippen molar-refractivity contribution in [3.63, 3.8) is 0 Å². The summed E-state index contributed by atoms with van der Waals surface area (Å²) in [5, 5.41) is 1.93. The van der Waals surface area contributed by atoms with Crippen LogP contribution in [0.4, 0.5) is 0 Å².